The Balaban J connectivity index is 2.85. The summed E-state index contributed by atoms with van der Waals surface area (Å²) in [6, 6.07) is 8.19. The number of para-hydroxylation sites is 2. The van der Waals surface area contributed by atoms with Crippen LogP contribution >= 0.6 is 0 Å². The summed E-state index contributed by atoms with van der Waals surface area (Å²) in [4.78, 5) is 7.21. The lowest BCUT2D eigenvalue weighted by molar-refractivity contribution is 0.786. The summed E-state index contributed by atoms with van der Waals surface area (Å²) in [7, 11) is 0. The van der Waals surface area contributed by atoms with Crippen molar-refractivity contribution < 1.29 is 0 Å². The van der Waals surface area contributed by atoms with Crippen LogP contribution in [0.25, 0.3) is 11.0 Å². The van der Waals surface area contributed by atoms with Crippen molar-refractivity contribution in [3.8, 4) is 0 Å². The second-order valence-electron chi connectivity index (χ2n) is 3.02. The van der Waals surface area contributed by atoms with Crippen LogP contribution in [0.3, 0.4) is 0 Å². The number of fused-ring (bicyclic) bond motifs is 1. The predicted molar refractivity (Wildman–Crippen MR) is 57.4 cm³/mol. The molecule has 0 fully saturated rings. The maximum atomic E-state index is 4.07. The van der Waals surface area contributed by atoms with Crippen molar-refractivity contribution in [1.29, 1.82) is 0 Å². The van der Waals surface area contributed by atoms with Gasteiger partial charge in [0.05, 0.1) is 17.4 Å². The maximum absolute atomic E-state index is 4.07. The van der Waals surface area contributed by atoms with Gasteiger partial charge in [-0.05, 0) is 19.1 Å². The number of aryl methyl sites for hydroxylation is 1. The first-order valence-electron chi connectivity index (χ1n) is 4.72. The Morgan fingerprint density at radius 3 is 3.07 bits per heavy atom. The molecule has 1 N–H and O–H groups in total. The molecule has 0 aliphatic heterocycles. The highest BCUT2D eigenvalue weighted by molar-refractivity contribution is 5.73. The average molecular weight is 187 g/mol. The minimum atomic E-state index is 0.935. The van der Waals surface area contributed by atoms with Gasteiger partial charge >= 0.3 is 0 Å². The lowest BCUT2D eigenvalue weighted by Crippen LogP contribution is -1.95. The summed E-state index contributed by atoms with van der Waals surface area (Å²) in [5.74, 6) is 0. The fourth-order valence-corrected chi connectivity index (χ4v) is 1.47. The molecular weight excluding hydrogens is 174 g/mol. The van der Waals surface area contributed by atoms with Crippen molar-refractivity contribution in [2.75, 3.05) is 0 Å². The Kier molecular flexibility index (Phi) is 2.49. The molecule has 0 aliphatic rings. The van der Waals surface area contributed by atoms with E-state index < -0.39 is 0 Å². The van der Waals surface area contributed by atoms with Crippen molar-refractivity contribution in [2.45, 2.75) is 13.5 Å². The van der Waals surface area contributed by atoms with Crippen LogP contribution in [0.4, 0.5) is 0 Å². The van der Waals surface area contributed by atoms with E-state index in [9.17, 15) is 0 Å². The molecule has 0 atom stereocenters. The second-order valence-corrected chi connectivity index (χ2v) is 3.02. The van der Waals surface area contributed by atoms with Gasteiger partial charge in [0.2, 0.25) is 0 Å². The predicted octanol–water partition coefficient (Wildman–Crippen LogP) is 2.51. The minimum absolute atomic E-state index is 0.935. The standard InChI is InChI=1S/C11H13N3/c1-2-14-8-7-12-9-13-10-5-3-4-6-11(10)14/h3-9H,2H2,1H3,(H,12,13). The summed E-state index contributed by atoms with van der Waals surface area (Å²) in [5.41, 5.74) is 2.26. The van der Waals surface area contributed by atoms with E-state index in [4.69, 9.17) is 0 Å². The van der Waals surface area contributed by atoms with Crippen LogP contribution < -0.4 is 0 Å². The van der Waals surface area contributed by atoms with Crippen molar-refractivity contribution in [1.82, 2.24) is 14.5 Å². The lowest BCUT2D eigenvalue weighted by atomic mass is 10.3. The Morgan fingerprint density at radius 1 is 1.36 bits per heavy atom. The van der Waals surface area contributed by atoms with Gasteiger partial charge in [-0.25, -0.2) is 4.98 Å². The normalized spacial score (nSPS) is 10.1. The zero-order valence-corrected chi connectivity index (χ0v) is 8.14. The van der Waals surface area contributed by atoms with Crippen LogP contribution in [-0.4, -0.2) is 14.5 Å². The monoisotopic (exact) mass is 187 g/mol. The van der Waals surface area contributed by atoms with Gasteiger partial charge in [-0.15, -0.1) is 0 Å². The SMILES string of the molecule is CCn1ccnc[nH]c2ccccc21. The maximum Gasteiger partial charge on any atom is 0.0924 e. The van der Waals surface area contributed by atoms with E-state index in [1.807, 2.05) is 24.4 Å². The Morgan fingerprint density at radius 2 is 2.21 bits per heavy atom. The number of hydrogen-bond donors (Lipinski definition) is 1. The highest BCUT2D eigenvalue weighted by Gasteiger charge is 1.91. The summed E-state index contributed by atoms with van der Waals surface area (Å²) in [6.07, 6.45) is 5.46. The van der Waals surface area contributed by atoms with Crippen LogP contribution in [-0.2, 0) is 6.54 Å². The van der Waals surface area contributed by atoms with Crippen LogP contribution in [0.5, 0.6) is 0 Å². The third kappa shape index (κ3) is 1.62. The van der Waals surface area contributed by atoms with Gasteiger partial charge < -0.3 is 9.55 Å². The molecule has 0 spiro atoms. The average Bonchev–Trinajstić information content (AvgIpc) is 2.20. The smallest absolute Gasteiger partial charge is 0.0924 e. The zero-order valence-electron chi connectivity index (χ0n) is 8.14. The highest BCUT2D eigenvalue weighted by Crippen LogP contribution is 2.07. The fraction of sp³-hybridized carbons (Fsp3) is 0.182. The summed E-state index contributed by atoms with van der Waals surface area (Å²) >= 11 is 0. The Labute approximate surface area is 82.7 Å². The number of benzene rings is 1. The topological polar surface area (TPSA) is 33.6 Å². The van der Waals surface area contributed by atoms with E-state index in [0.29, 0.717) is 0 Å². The molecule has 2 aromatic rings. The first-order chi connectivity index (χ1) is 6.92. The number of nitrogens with zero attached hydrogens (tertiary/aromatic N) is 2. The zero-order chi connectivity index (χ0) is 9.80. The fourth-order valence-electron chi connectivity index (χ4n) is 1.47. The molecule has 72 valence electrons. The molecule has 0 radical (unpaired) electrons. The third-order valence-electron chi connectivity index (χ3n) is 2.18. The van der Waals surface area contributed by atoms with E-state index in [-0.39, 0.29) is 0 Å². The minimum Gasteiger partial charge on any atom is -0.345 e. The molecule has 3 heteroatoms. The molecular formula is C11H13N3. The molecule has 0 bridgehead atoms. The van der Waals surface area contributed by atoms with Crippen LogP contribution in [0.2, 0.25) is 0 Å². The molecule has 14 heavy (non-hydrogen) atoms. The van der Waals surface area contributed by atoms with E-state index >= 15 is 0 Å². The Hall–Kier alpha value is -1.77. The van der Waals surface area contributed by atoms with Gasteiger partial charge in [0.25, 0.3) is 0 Å². The van der Waals surface area contributed by atoms with Gasteiger partial charge in [0.15, 0.2) is 0 Å². The number of hydrogen-bond acceptors (Lipinski definition) is 1. The van der Waals surface area contributed by atoms with Crippen LogP contribution in [0, 0.1) is 0 Å². The van der Waals surface area contributed by atoms with Gasteiger partial charge in [0.1, 0.15) is 0 Å². The number of rotatable bonds is 1. The number of aromatic amines is 1. The van der Waals surface area contributed by atoms with Crippen molar-refractivity contribution in [2.24, 2.45) is 0 Å². The van der Waals surface area contributed by atoms with Crippen molar-refractivity contribution >= 4 is 11.0 Å². The van der Waals surface area contributed by atoms with E-state index in [2.05, 4.69) is 27.5 Å². The number of nitrogens with one attached hydrogen (secondary N) is 1. The molecule has 1 aromatic heterocycles. The van der Waals surface area contributed by atoms with Gasteiger partial charge in [-0.3, -0.25) is 0 Å². The molecule has 1 aromatic carbocycles. The van der Waals surface area contributed by atoms with Gasteiger partial charge in [0, 0.05) is 18.9 Å². The molecule has 3 nitrogen and oxygen atoms in total. The van der Waals surface area contributed by atoms with E-state index in [0.717, 1.165) is 12.1 Å². The molecule has 0 aliphatic carbocycles. The number of H-pyrrole nitrogens is 1. The quantitative estimate of drug-likeness (QED) is 0.731. The van der Waals surface area contributed by atoms with Gasteiger partial charge in [-0.1, -0.05) is 12.1 Å². The summed E-state index contributed by atoms with van der Waals surface area (Å²) < 4.78 is 2.15. The highest BCUT2D eigenvalue weighted by atomic mass is 15.0. The van der Waals surface area contributed by atoms with E-state index in [1.165, 1.54) is 5.52 Å². The van der Waals surface area contributed by atoms with Crippen LogP contribution in [0.15, 0.2) is 43.0 Å². The summed E-state index contributed by atoms with van der Waals surface area (Å²) in [6.45, 7) is 3.05. The molecule has 2 rings (SSSR count). The Bertz CT molecular complexity index is 466. The summed E-state index contributed by atoms with van der Waals surface area (Å²) in [5, 5.41) is 0. The van der Waals surface area contributed by atoms with Gasteiger partial charge in [-0.2, -0.15) is 0 Å². The van der Waals surface area contributed by atoms with Crippen molar-refractivity contribution in [3.05, 3.63) is 43.0 Å². The van der Waals surface area contributed by atoms with Crippen molar-refractivity contribution in [3.63, 3.8) is 0 Å². The molecule has 1 heterocycles. The second kappa shape index (κ2) is 3.96. The molecule has 0 amide bonds. The lowest BCUT2D eigenvalue weighted by Gasteiger charge is -2.04. The molecule has 0 saturated heterocycles. The molecule has 0 unspecified atom stereocenters. The third-order valence-corrected chi connectivity index (χ3v) is 2.18. The largest absolute Gasteiger partial charge is 0.345 e. The van der Waals surface area contributed by atoms with Crippen LogP contribution in [0.1, 0.15) is 6.92 Å². The first kappa shape index (κ1) is 8.81. The number of aromatic nitrogens is 3. The molecule has 0 saturated carbocycles. The van der Waals surface area contributed by atoms with E-state index in [1.54, 1.807) is 12.5 Å². The first-order valence-corrected chi connectivity index (χ1v) is 4.72.